The van der Waals surface area contributed by atoms with E-state index in [4.69, 9.17) is 37.7 Å². The molecule has 1 fully saturated rings. The van der Waals surface area contributed by atoms with E-state index < -0.39 is 0 Å². The summed E-state index contributed by atoms with van der Waals surface area (Å²) in [4.78, 5) is 17.3. The maximum absolute atomic E-state index is 6.31. The number of nitrogens with zero attached hydrogens (tertiary/aromatic N) is 5. The number of halogens is 2. The van der Waals surface area contributed by atoms with Crippen molar-refractivity contribution >= 4 is 34.1 Å². The average Bonchev–Trinajstić information content (AvgIpc) is 3.56. The van der Waals surface area contributed by atoms with Crippen LogP contribution in [-0.4, -0.2) is 74.3 Å². The topological polar surface area (TPSA) is 95.2 Å². The fourth-order valence-electron chi connectivity index (χ4n) is 4.90. The van der Waals surface area contributed by atoms with Crippen molar-refractivity contribution in [2.45, 2.75) is 26.1 Å². The highest BCUT2D eigenvalue weighted by molar-refractivity contribution is 6.35. The zero-order valence-electron chi connectivity index (χ0n) is 19.9. The molecule has 36 heavy (non-hydrogen) atoms. The van der Waals surface area contributed by atoms with Crippen LogP contribution in [0.4, 0.5) is 0 Å². The molecule has 1 saturated heterocycles. The SMILES string of the molecule is CC(Oc1ccc2[nH]nc(-c3nc4c([nH]3)CN(CCN3CCOCC3)C4)c2c1)c1c(Cl)cncc1Cl. The Morgan fingerprint density at radius 2 is 1.86 bits per heavy atom. The van der Waals surface area contributed by atoms with Crippen molar-refractivity contribution in [1.29, 1.82) is 0 Å². The lowest BCUT2D eigenvalue weighted by Gasteiger charge is -2.28. The third kappa shape index (κ3) is 4.69. The van der Waals surface area contributed by atoms with Crippen LogP contribution < -0.4 is 4.74 Å². The highest BCUT2D eigenvalue weighted by atomic mass is 35.5. The largest absolute Gasteiger partial charge is 0.486 e. The minimum absolute atomic E-state index is 0.350. The van der Waals surface area contributed by atoms with Crippen LogP contribution in [-0.2, 0) is 17.8 Å². The number of pyridine rings is 1. The number of morpholine rings is 1. The molecule has 0 aliphatic carbocycles. The van der Waals surface area contributed by atoms with Gasteiger partial charge in [0, 0.05) is 62.6 Å². The predicted molar refractivity (Wildman–Crippen MR) is 138 cm³/mol. The maximum atomic E-state index is 6.31. The fraction of sp³-hybridized carbons (Fsp3) is 0.400. The molecule has 2 N–H and O–H groups in total. The molecule has 6 rings (SSSR count). The van der Waals surface area contributed by atoms with Crippen LogP contribution in [0.5, 0.6) is 5.75 Å². The van der Waals surface area contributed by atoms with Crippen LogP contribution >= 0.6 is 23.2 Å². The van der Waals surface area contributed by atoms with Gasteiger partial charge >= 0.3 is 0 Å². The zero-order chi connectivity index (χ0) is 24.6. The second-order valence-corrected chi connectivity index (χ2v) is 10.0. The summed E-state index contributed by atoms with van der Waals surface area (Å²) in [5.74, 6) is 1.46. The van der Waals surface area contributed by atoms with E-state index in [1.807, 2.05) is 25.1 Å². The summed E-state index contributed by atoms with van der Waals surface area (Å²) < 4.78 is 11.6. The molecule has 188 valence electrons. The Kier molecular flexibility index (Phi) is 6.57. The Balaban J connectivity index is 1.17. The lowest BCUT2D eigenvalue weighted by atomic mass is 10.1. The van der Waals surface area contributed by atoms with Gasteiger partial charge in [-0.25, -0.2) is 4.98 Å². The molecule has 2 aliphatic rings. The van der Waals surface area contributed by atoms with Crippen molar-refractivity contribution in [3.05, 3.63) is 57.6 Å². The van der Waals surface area contributed by atoms with E-state index in [1.54, 1.807) is 12.4 Å². The number of rotatable bonds is 7. The molecule has 0 radical (unpaired) electrons. The monoisotopic (exact) mass is 527 g/mol. The zero-order valence-corrected chi connectivity index (χ0v) is 21.4. The predicted octanol–water partition coefficient (Wildman–Crippen LogP) is 4.44. The first-order valence-electron chi connectivity index (χ1n) is 12.1. The lowest BCUT2D eigenvalue weighted by Crippen LogP contribution is -2.40. The molecule has 11 heteroatoms. The third-order valence-electron chi connectivity index (χ3n) is 6.82. The highest BCUT2D eigenvalue weighted by Gasteiger charge is 2.25. The van der Waals surface area contributed by atoms with Gasteiger partial charge in [-0.2, -0.15) is 5.10 Å². The number of nitrogens with one attached hydrogen (secondary N) is 2. The second kappa shape index (κ2) is 9.99. The van der Waals surface area contributed by atoms with Gasteiger partial charge in [-0.05, 0) is 25.1 Å². The quantitative estimate of drug-likeness (QED) is 0.366. The Hall–Kier alpha value is -2.69. The van der Waals surface area contributed by atoms with Gasteiger partial charge in [0.1, 0.15) is 17.5 Å². The van der Waals surface area contributed by atoms with E-state index in [1.165, 1.54) is 0 Å². The molecular weight excluding hydrogens is 501 g/mol. The van der Waals surface area contributed by atoms with Gasteiger partial charge in [-0.1, -0.05) is 23.2 Å². The summed E-state index contributed by atoms with van der Waals surface area (Å²) in [5, 5.41) is 9.54. The van der Waals surface area contributed by atoms with E-state index >= 15 is 0 Å². The van der Waals surface area contributed by atoms with Crippen molar-refractivity contribution in [1.82, 2.24) is 34.9 Å². The van der Waals surface area contributed by atoms with Crippen molar-refractivity contribution in [3.63, 3.8) is 0 Å². The van der Waals surface area contributed by atoms with Gasteiger partial charge in [0.15, 0.2) is 5.82 Å². The highest BCUT2D eigenvalue weighted by Crippen LogP contribution is 2.35. The minimum Gasteiger partial charge on any atom is -0.486 e. The number of fused-ring (bicyclic) bond motifs is 2. The Labute approximate surface area is 218 Å². The molecule has 4 aromatic rings. The van der Waals surface area contributed by atoms with E-state index in [9.17, 15) is 0 Å². The summed E-state index contributed by atoms with van der Waals surface area (Å²) in [6.45, 7) is 9.40. The summed E-state index contributed by atoms with van der Waals surface area (Å²) in [6, 6.07) is 5.82. The summed E-state index contributed by atoms with van der Waals surface area (Å²) in [7, 11) is 0. The van der Waals surface area contributed by atoms with Crippen molar-refractivity contribution in [2.75, 3.05) is 39.4 Å². The number of aromatic amines is 2. The van der Waals surface area contributed by atoms with Crippen molar-refractivity contribution < 1.29 is 9.47 Å². The smallest absolute Gasteiger partial charge is 0.159 e. The molecule has 0 amide bonds. The Bertz CT molecular complexity index is 1340. The first-order valence-corrected chi connectivity index (χ1v) is 12.8. The van der Waals surface area contributed by atoms with Crippen LogP contribution in [0.2, 0.25) is 10.0 Å². The van der Waals surface area contributed by atoms with Crippen LogP contribution in [0, 0.1) is 0 Å². The van der Waals surface area contributed by atoms with E-state index in [0.29, 0.717) is 21.4 Å². The van der Waals surface area contributed by atoms with Crippen LogP contribution in [0.1, 0.15) is 30.0 Å². The molecule has 9 nitrogen and oxygen atoms in total. The summed E-state index contributed by atoms with van der Waals surface area (Å²) in [5.41, 5.74) is 4.64. The number of hydrogen-bond donors (Lipinski definition) is 2. The van der Waals surface area contributed by atoms with Gasteiger partial charge in [0.05, 0.1) is 40.2 Å². The number of hydrogen-bond acceptors (Lipinski definition) is 7. The number of H-pyrrole nitrogens is 2. The molecule has 3 aromatic heterocycles. The molecule has 2 aliphatic heterocycles. The molecular formula is C25H27Cl2N7O2. The van der Waals surface area contributed by atoms with Gasteiger partial charge < -0.3 is 14.5 Å². The molecule has 1 unspecified atom stereocenters. The molecule has 1 atom stereocenters. The molecule has 0 saturated carbocycles. The van der Waals surface area contributed by atoms with E-state index in [2.05, 4.69) is 30.0 Å². The van der Waals surface area contributed by atoms with Gasteiger partial charge in [-0.15, -0.1) is 0 Å². The Morgan fingerprint density at radius 3 is 2.64 bits per heavy atom. The van der Waals surface area contributed by atoms with Crippen LogP contribution in [0.15, 0.2) is 30.6 Å². The van der Waals surface area contributed by atoms with Crippen LogP contribution in [0.3, 0.4) is 0 Å². The van der Waals surface area contributed by atoms with E-state index in [-0.39, 0.29) is 6.10 Å². The summed E-state index contributed by atoms with van der Waals surface area (Å²) in [6.07, 6.45) is 2.79. The standard InChI is InChI=1S/C25H27Cl2N7O2/c1-15(23-18(26)11-28-12-19(23)27)36-16-2-3-20-17(10-16)24(32-31-20)25-29-21-13-34(14-22(21)30-25)5-4-33-6-8-35-9-7-33/h2-3,10-12,15H,4-9,13-14H2,1H3,(H,29,30)(H,31,32). The third-order valence-corrected chi connectivity index (χ3v) is 7.43. The van der Waals surface area contributed by atoms with Gasteiger partial charge in [0.25, 0.3) is 0 Å². The molecule has 0 spiro atoms. The Morgan fingerprint density at radius 1 is 1.08 bits per heavy atom. The lowest BCUT2D eigenvalue weighted by molar-refractivity contribution is 0.0331. The van der Waals surface area contributed by atoms with Crippen molar-refractivity contribution in [2.24, 2.45) is 0 Å². The number of imidazole rings is 1. The number of ether oxygens (including phenoxy) is 2. The molecule has 5 heterocycles. The normalized spacial score (nSPS) is 17.5. The maximum Gasteiger partial charge on any atom is 0.159 e. The van der Waals surface area contributed by atoms with Gasteiger partial charge in [0.2, 0.25) is 0 Å². The average molecular weight is 528 g/mol. The second-order valence-electron chi connectivity index (χ2n) is 9.23. The number of benzene rings is 1. The molecule has 0 bridgehead atoms. The fourth-order valence-corrected chi connectivity index (χ4v) is 5.57. The number of aromatic nitrogens is 5. The van der Waals surface area contributed by atoms with E-state index in [0.717, 1.165) is 86.3 Å². The first kappa shape index (κ1) is 23.7. The van der Waals surface area contributed by atoms with Gasteiger partial charge in [-0.3, -0.25) is 19.9 Å². The first-order chi connectivity index (χ1) is 17.5. The minimum atomic E-state index is -0.350. The molecule has 1 aromatic carbocycles. The van der Waals surface area contributed by atoms with Crippen molar-refractivity contribution in [3.8, 4) is 17.3 Å². The summed E-state index contributed by atoms with van der Waals surface area (Å²) >= 11 is 12.6. The van der Waals surface area contributed by atoms with Crippen LogP contribution in [0.25, 0.3) is 22.4 Å².